The fourth-order valence-corrected chi connectivity index (χ4v) is 2.95. The van der Waals surface area contributed by atoms with E-state index in [0.29, 0.717) is 24.6 Å². The molecule has 2 fully saturated rings. The predicted molar refractivity (Wildman–Crippen MR) is 88.9 cm³/mol. The number of aromatic nitrogens is 4. The van der Waals surface area contributed by atoms with Crippen molar-refractivity contribution in [1.29, 1.82) is 0 Å². The van der Waals surface area contributed by atoms with Crippen LogP contribution in [0.4, 0.5) is 0 Å². The lowest BCUT2D eigenvalue weighted by Crippen LogP contribution is -2.39. The summed E-state index contributed by atoms with van der Waals surface area (Å²) in [5.74, 6) is 0.677. The maximum Gasteiger partial charge on any atom is 0.199 e. The monoisotopic (exact) mass is 345 g/mol. The van der Waals surface area contributed by atoms with E-state index in [1.807, 2.05) is 30.3 Å². The summed E-state index contributed by atoms with van der Waals surface area (Å²) < 4.78 is 13.3. The Bertz CT molecular complexity index is 778. The third-order valence-electron chi connectivity index (χ3n) is 3.98. The van der Waals surface area contributed by atoms with Gasteiger partial charge >= 0.3 is 0 Å². The lowest BCUT2D eigenvalue weighted by atomic mass is 10.0. The fraction of sp³-hybridized carbons (Fsp3) is 0.357. The number of rotatable bonds is 3. The molecule has 3 atom stereocenters. The number of nitrogens with two attached hydrogens (primary N) is 1. The van der Waals surface area contributed by atoms with E-state index in [-0.39, 0.29) is 17.3 Å². The van der Waals surface area contributed by atoms with Crippen molar-refractivity contribution >= 4 is 23.0 Å². The molecule has 124 valence electrons. The molecule has 2 bridgehead atoms. The van der Waals surface area contributed by atoms with Gasteiger partial charge in [-0.25, -0.2) is 4.68 Å². The number of hydrogen-bond acceptors (Lipinski definition) is 7. The second-order valence-corrected chi connectivity index (χ2v) is 5.94. The van der Waals surface area contributed by atoms with Crippen LogP contribution in [0.25, 0.3) is 11.4 Å². The van der Waals surface area contributed by atoms with Crippen LogP contribution in [0.15, 0.2) is 35.4 Å². The summed E-state index contributed by atoms with van der Waals surface area (Å²) >= 11 is 4.78. The van der Waals surface area contributed by atoms with Crippen molar-refractivity contribution in [2.75, 3.05) is 6.61 Å². The molecule has 2 aliphatic heterocycles. The summed E-state index contributed by atoms with van der Waals surface area (Å²) in [4.78, 5) is 0. The van der Waals surface area contributed by atoms with Gasteiger partial charge in [0.2, 0.25) is 0 Å². The Balaban J connectivity index is 1.66. The quantitative estimate of drug-likeness (QED) is 0.600. The van der Waals surface area contributed by atoms with Gasteiger partial charge in [-0.3, -0.25) is 5.43 Å². The highest BCUT2D eigenvalue weighted by Gasteiger charge is 2.44. The van der Waals surface area contributed by atoms with Gasteiger partial charge in [0.1, 0.15) is 6.10 Å². The molecule has 0 radical (unpaired) electrons. The van der Waals surface area contributed by atoms with Crippen LogP contribution in [-0.4, -0.2) is 50.0 Å². The number of hydrogen-bond donors (Lipinski definition) is 2. The van der Waals surface area contributed by atoms with Crippen molar-refractivity contribution in [1.82, 2.24) is 25.6 Å². The number of fused-ring (bicyclic) bond motifs is 2. The van der Waals surface area contributed by atoms with Crippen LogP contribution in [0, 0.1) is 0 Å². The first-order valence-electron chi connectivity index (χ1n) is 7.44. The first-order chi connectivity index (χ1) is 11.7. The summed E-state index contributed by atoms with van der Waals surface area (Å²) in [7, 11) is 0. The minimum Gasteiger partial charge on any atom is -0.375 e. The minimum absolute atomic E-state index is 0.0894. The average molecular weight is 345 g/mol. The Labute approximate surface area is 142 Å². The van der Waals surface area contributed by atoms with Crippen LogP contribution in [0.2, 0.25) is 0 Å². The largest absolute Gasteiger partial charge is 0.375 e. The lowest BCUT2D eigenvalue weighted by molar-refractivity contribution is -0.0320. The highest BCUT2D eigenvalue weighted by molar-refractivity contribution is 7.80. The predicted octanol–water partition coefficient (Wildman–Crippen LogP) is 0.216. The first-order valence-corrected chi connectivity index (χ1v) is 7.85. The molecule has 3 heterocycles. The Morgan fingerprint density at radius 2 is 2.21 bits per heavy atom. The molecule has 24 heavy (non-hydrogen) atoms. The summed E-state index contributed by atoms with van der Waals surface area (Å²) in [6.07, 6.45) is -0.0370. The van der Waals surface area contributed by atoms with Crippen molar-refractivity contribution in [3.8, 4) is 11.4 Å². The zero-order valence-electron chi connectivity index (χ0n) is 12.6. The van der Waals surface area contributed by atoms with Gasteiger partial charge in [-0.1, -0.05) is 30.3 Å². The molecular weight excluding hydrogens is 330 g/mol. The van der Waals surface area contributed by atoms with E-state index in [4.69, 9.17) is 27.4 Å². The standard InChI is InChI=1S/C14H15N7O2S/c15-14(24)18-16-9-6-10(11-7-22-13(9)23-11)21-12(17-19-20-21)8-4-2-1-3-5-8/h1-5,10-11,13H,6-7H2,(H3,15,18,24)/b16-9+/t10-,11-,13-/m1/s1. The Hall–Kier alpha value is -2.43. The van der Waals surface area contributed by atoms with Gasteiger partial charge in [-0.2, -0.15) is 5.10 Å². The molecule has 2 aromatic rings. The van der Waals surface area contributed by atoms with Gasteiger partial charge in [-0.15, -0.1) is 5.10 Å². The molecule has 0 spiro atoms. The molecule has 3 N–H and O–H groups in total. The van der Waals surface area contributed by atoms with Gasteiger partial charge in [0.05, 0.1) is 18.4 Å². The summed E-state index contributed by atoms with van der Waals surface area (Å²) in [5, 5.41) is 16.4. The first kappa shape index (κ1) is 15.1. The summed E-state index contributed by atoms with van der Waals surface area (Å²) in [6, 6.07) is 9.63. The normalized spacial score (nSPS) is 27.3. The van der Waals surface area contributed by atoms with Crippen molar-refractivity contribution in [3.63, 3.8) is 0 Å². The van der Waals surface area contributed by atoms with Crippen LogP contribution < -0.4 is 11.2 Å². The number of ether oxygens (including phenoxy) is 2. The van der Waals surface area contributed by atoms with Gasteiger partial charge in [0.15, 0.2) is 17.2 Å². The highest BCUT2D eigenvalue weighted by atomic mass is 32.1. The molecule has 0 saturated carbocycles. The van der Waals surface area contributed by atoms with Gasteiger partial charge in [0.25, 0.3) is 0 Å². The molecule has 4 rings (SSSR count). The zero-order chi connectivity index (χ0) is 16.5. The van der Waals surface area contributed by atoms with Gasteiger partial charge in [0, 0.05) is 12.0 Å². The highest BCUT2D eigenvalue weighted by Crippen LogP contribution is 2.34. The molecule has 2 saturated heterocycles. The number of nitrogens with zero attached hydrogens (tertiary/aromatic N) is 5. The van der Waals surface area contributed by atoms with Crippen molar-refractivity contribution in [2.24, 2.45) is 10.8 Å². The van der Waals surface area contributed by atoms with Crippen LogP contribution in [0.5, 0.6) is 0 Å². The second kappa shape index (κ2) is 6.23. The number of hydrazone groups is 1. The average Bonchev–Trinajstić information content (AvgIpc) is 3.23. The lowest BCUT2D eigenvalue weighted by Gasteiger charge is -2.28. The molecule has 0 amide bonds. The van der Waals surface area contributed by atoms with E-state index in [2.05, 4.69) is 26.1 Å². The van der Waals surface area contributed by atoms with Gasteiger partial charge in [-0.05, 0) is 22.6 Å². The molecule has 10 heteroatoms. The molecule has 1 aromatic carbocycles. The molecule has 9 nitrogen and oxygen atoms in total. The number of tetrazole rings is 1. The zero-order valence-corrected chi connectivity index (χ0v) is 13.4. The van der Waals surface area contributed by atoms with E-state index in [1.54, 1.807) is 4.68 Å². The van der Waals surface area contributed by atoms with Crippen LogP contribution in [-0.2, 0) is 9.47 Å². The van der Waals surface area contributed by atoms with E-state index in [9.17, 15) is 0 Å². The number of benzene rings is 1. The maximum absolute atomic E-state index is 5.88. The van der Waals surface area contributed by atoms with Crippen LogP contribution >= 0.6 is 12.2 Å². The summed E-state index contributed by atoms with van der Waals surface area (Å²) in [5.41, 5.74) is 9.63. The van der Waals surface area contributed by atoms with E-state index >= 15 is 0 Å². The molecule has 0 aliphatic carbocycles. The second-order valence-electron chi connectivity index (χ2n) is 5.50. The van der Waals surface area contributed by atoms with Crippen molar-refractivity contribution in [2.45, 2.75) is 24.9 Å². The smallest absolute Gasteiger partial charge is 0.199 e. The molecule has 1 aromatic heterocycles. The minimum atomic E-state index is -0.482. The van der Waals surface area contributed by atoms with Crippen molar-refractivity contribution < 1.29 is 9.47 Å². The number of thiocarbonyl (C=S) groups is 1. The Morgan fingerprint density at radius 1 is 1.38 bits per heavy atom. The van der Waals surface area contributed by atoms with E-state index in [1.165, 1.54) is 0 Å². The SMILES string of the molecule is NC(=S)N/N=C1\C[C@@H](n2nnnc2-c2ccccc2)[C@H]2CO[C@@H]1O2. The van der Waals surface area contributed by atoms with E-state index < -0.39 is 6.29 Å². The summed E-state index contributed by atoms with van der Waals surface area (Å²) in [6.45, 7) is 0.454. The van der Waals surface area contributed by atoms with Gasteiger partial charge < -0.3 is 15.2 Å². The number of nitrogens with one attached hydrogen (secondary N) is 1. The van der Waals surface area contributed by atoms with Crippen molar-refractivity contribution in [3.05, 3.63) is 30.3 Å². The molecular formula is C14H15N7O2S. The third kappa shape index (κ3) is 2.75. The molecule has 2 aliphatic rings. The van der Waals surface area contributed by atoms with Crippen LogP contribution in [0.3, 0.4) is 0 Å². The topological polar surface area (TPSA) is 112 Å². The Kier molecular flexibility index (Phi) is 3.92. The maximum atomic E-state index is 5.88. The third-order valence-corrected chi connectivity index (χ3v) is 4.07. The molecule has 0 unspecified atom stereocenters. The van der Waals surface area contributed by atoms with Crippen LogP contribution in [0.1, 0.15) is 12.5 Å². The fourth-order valence-electron chi connectivity index (χ4n) is 2.90. The Morgan fingerprint density at radius 3 is 3.00 bits per heavy atom. The van der Waals surface area contributed by atoms with E-state index in [0.717, 1.165) is 5.56 Å².